The molecule has 0 radical (unpaired) electrons. The van der Waals surface area contributed by atoms with Crippen molar-refractivity contribution in [3.05, 3.63) is 59.8 Å². The quantitative estimate of drug-likeness (QED) is 0.473. The third-order valence-electron chi connectivity index (χ3n) is 4.37. The number of benzene rings is 1. The molecule has 3 aromatic heterocycles. The van der Waals surface area contributed by atoms with Crippen LogP contribution < -0.4 is 16.6 Å². The maximum Gasteiger partial charge on any atom is 0.332 e. The third-order valence-corrected chi connectivity index (χ3v) is 6.49. The Balaban J connectivity index is 1.56. The number of thiazole rings is 1. The molecule has 0 saturated carbocycles. The highest BCUT2D eigenvalue weighted by Crippen LogP contribution is 2.26. The van der Waals surface area contributed by atoms with E-state index >= 15 is 0 Å². The highest BCUT2D eigenvalue weighted by molar-refractivity contribution is 9.10. The second kappa shape index (κ2) is 7.65. The number of aryl methyl sites for hydroxylation is 1. The standard InChI is InChI=1S/C18H14BrN5O3S2/c1-23-15-14(16(26)24(2)18(23)27)12(29-22-15)7-13(25)21-17-20-11(8-28-17)9-3-5-10(19)6-4-9/h3-6,8H,7H2,1-2H3,(H,20,21,25). The molecular formula is C18H14BrN5O3S2. The summed E-state index contributed by atoms with van der Waals surface area (Å²) >= 11 is 5.77. The topological polar surface area (TPSA) is 98.9 Å². The van der Waals surface area contributed by atoms with Crippen LogP contribution in [0.15, 0.2) is 43.7 Å². The van der Waals surface area contributed by atoms with Gasteiger partial charge in [-0.05, 0) is 23.7 Å². The average molecular weight is 492 g/mol. The van der Waals surface area contributed by atoms with Gasteiger partial charge in [0.2, 0.25) is 5.91 Å². The predicted octanol–water partition coefficient (Wildman–Crippen LogP) is 2.76. The van der Waals surface area contributed by atoms with Crippen molar-refractivity contribution >= 4 is 60.9 Å². The van der Waals surface area contributed by atoms with E-state index in [1.54, 1.807) is 7.05 Å². The van der Waals surface area contributed by atoms with E-state index in [1.165, 1.54) is 23.0 Å². The summed E-state index contributed by atoms with van der Waals surface area (Å²) in [5.41, 5.74) is 1.10. The fourth-order valence-corrected chi connectivity index (χ4v) is 4.72. The number of fused-ring (bicyclic) bond motifs is 1. The van der Waals surface area contributed by atoms with Crippen LogP contribution >= 0.6 is 38.8 Å². The Morgan fingerprint density at radius 2 is 1.90 bits per heavy atom. The van der Waals surface area contributed by atoms with E-state index in [0.29, 0.717) is 15.4 Å². The molecule has 1 amide bonds. The Morgan fingerprint density at radius 1 is 1.17 bits per heavy atom. The Morgan fingerprint density at radius 3 is 2.62 bits per heavy atom. The van der Waals surface area contributed by atoms with Gasteiger partial charge in [0.05, 0.1) is 17.5 Å². The number of aromatic nitrogens is 4. The summed E-state index contributed by atoms with van der Waals surface area (Å²) in [6, 6.07) is 7.73. The smallest absolute Gasteiger partial charge is 0.302 e. The van der Waals surface area contributed by atoms with Crippen molar-refractivity contribution in [1.82, 2.24) is 18.5 Å². The molecule has 0 aliphatic heterocycles. The number of halogens is 1. The Labute approximate surface area is 180 Å². The van der Waals surface area contributed by atoms with Gasteiger partial charge in [-0.25, -0.2) is 9.78 Å². The highest BCUT2D eigenvalue weighted by Gasteiger charge is 2.19. The van der Waals surface area contributed by atoms with E-state index in [2.05, 4.69) is 30.6 Å². The van der Waals surface area contributed by atoms with Crippen molar-refractivity contribution in [3.63, 3.8) is 0 Å². The summed E-state index contributed by atoms with van der Waals surface area (Å²) in [7, 11) is 2.96. The molecule has 0 saturated heterocycles. The number of carbonyl (C=O) groups is 1. The van der Waals surface area contributed by atoms with Crippen LogP contribution in [0.5, 0.6) is 0 Å². The monoisotopic (exact) mass is 491 g/mol. The first-order chi connectivity index (χ1) is 13.8. The zero-order valence-corrected chi connectivity index (χ0v) is 18.5. The van der Waals surface area contributed by atoms with Gasteiger partial charge < -0.3 is 5.32 Å². The van der Waals surface area contributed by atoms with Crippen molar-refractivity contribution in [2.75, 3.05) is 5.32 Å². The molecule has 0 bridgehead atoms. The number of carbonyl (C=O) groups excluding carboxylic acids is 1. The molecule has 29 heavy (non-hydrogen) atoms. The van der Waals surface area contributed by atoms with Gasteiger partial charge in [0.25, 0.3) is 5.56 Å². The minimum absolute atomic E-state index is 0.0260. The van der Waals surface area contributed by atoms with Gasteiger partial charge in [-0.3, -0.25) is 18.7 Å². The Bertz CT molecular complexity index is 1350. The lowest BCUT2D eigenvalue weighted by molar-refractivity contribution is -0.115. The van der Waals surface area contributed by atoms with Crippen molar-refractivity contribution < 1.29 is 4.79 Å². The zero-order chi connectivity index (χ0) is 20.7. The van der Waals surface area contributed by atoms with Crippen LogP contribution in [0.1, 0.15) is 4.88 Å². The second-order valence-electron chi connectivity index (χ2n) is 6.28. The number of nitrogens with one attached hydrogen (secondary N) is 1. The zero-order valence-electron chi connectivity index (χ0n) is 15.3. The van der Waals surface area contributed by atoms with Gasteiger partial charge >= 0.3 is 5.69 Å². The van der Waals surface area contributed by atoms with Crippen LogP contribution in [-0.2, 0) is 25.3 Å². The summed E-state index contributed by atoms with van der Waals surface area (Å²) in [5, 5.41) is 5.40. The summed E-state index contributed by atoms with van der Waals surface area (Å²) in [6.45, 7) is 0. The second-order valence-corrected chi connectivity index (χ2v) is 8.91. The molecule has 0 fully saturated rings. The molecule has 0 spiro atoms. The van der Waals surface area contributed by atoms with Crippen LogP contribution in [-0.4, -0.2) is 24.4 Å². The maximum atomic E-state index is 12.5. The fourth-order valence-electron chi connectivity index (χ4n) is 2.84. The Kier molecular flexibility index (Phi) is 5.19. The van der Waals surface area contributed by atoms with Crippen LogP contribution in [0.3, 0.4) is 0 Å². The molecule has 148 valence electrons. The molecule has 4 rings (SSSR count). The van der Waals surface area contributed by atoms with E-state index in [1.807, 2.05) is 29.6 Å². The molecule has 8 nitrogen and oxygen atoms in total. The highest BCUT2D eigenvalue weighted by atomic mass is 79.9. The lowest BCUT2D eigenvalue weighted by Crippen LogP contribution is -2.37. The van der Waals surface area contributed by atoms with Gasteiger partial charge in [0.15, 0.2) is 10.8 Å². The van der Waals surface area contributed by atoms with Crippen molar-refractivity contribution in [2.45, 2.75) is 6.42 Å². The molecule has 0 unspecified atom stereocenters. The van der Waals surface area contributed by atoms with Gasteiger partial charge in [-0.1, -0.05) is 28.1 Å². The first-order valence-corrected chi connectivity index (χ1v) is 10.9. The molecule has 11 heteroatoms. The predicted molar refractivity (Wildman–Crippen MR) is 118 cm³/mol. The number of anilines is 1. The maximum absolute atomic E-state index is 12.5. The molecule has 0 aliphatic rings. The minimum Gasteiger partial charge on any atom is -0.302 e. The van der Waals surface area contributed by atoms with Crippen LogP contribution in [0, 0.1) is 0 Å². The number of rotatable bonds is 4. The molecule has 1 aromatic carbocycles. The lowest BCUT2D eigenvalue weighted by Gasteiger charge is -2.04. The summed E-state index contributed by atoms with van der Waals surface area (Å²) in [6.07, 6.45) is -0.0260. The van der Waals surface area contributed by atoms with Crippen molar-refractivity contribution in [3.8, 4) is 11.3 Å². The van der Waals surface area contributed by atoms with Gasteiger partial charge in [-0.2, -0.15) is 4.37 Å². The molecule has 4 aromatic rings. The fraction of sp³-hybridized carbons (Fsp3) is 0.167. The normalized spacial score (nSPS) is 11.1. The van der Waals surface area contributed by atoms with Crippen molar-refractivity contribution in [1.29, 1.82) is 0 Å². The van der Waals surface area contributed by atoms with E-state index in [4.69, 9.17) is 0 Å². The average Bonchev–Trinajstić information content (AvgIpc) is 3.32. The van der Waals surface area contributed by atoms with Gasteiger partial charge in [0, 0.05) is 34.4 Å². The third kappa shape index (κ3) is 3.68. The number of amides is 1. The largest absolute Gasteiger partial charge is 0.332 e. The SMILES string of the molecule is Cn1c(=O)c2c(CC(=O)Nc3nc(-c4ccc(Br)cc4)cs3)snc2n(C)c1=O. The summed E-state index contributed by atoms with van der Waals surface area (Å²) in [4.78, 5) is 42.0. The van der Waals surface area contributed by atoms with Crippen LogP contribution in [0.4, 0.5) is 5.13 Å². The summed E-state index contributed by atoms with van der Waals surface area (Å²) in [5.74, 6) is -0.303. The van der Waals surface area contributed by atoms with Gasteiger partial charge in [0.1, 0.15) is 0 Å². The van der Waals surface area contributed by atoms with E-state index in [0.717, 1.165) is 31.8 Å². The Hall–Kier alpha value is -2.63. The van der Waals surface area contributed by atoms with Gasteiger partial charge in [-0.15, -0.1) is 11.3 Å². The van der Waals surface area contributed by atoms with Crippen molar-refractivity contribution in [2.24, 2.45) is 14.1 Å². The molecular weight excluding hydrogens is 478 g/mol. The van der Waals surface area contributed by atoms with Crippen LogP contribution in [0.25, 0.3) is 22.3 Å². The van der Waals surface area contributed by atoms with E-state index < -0.39 is 11.2 Å². The number of nitrogens with zero attached hydrogens (tertiary/aromatic N) is 4. The first-order valence-electron chi connectivity index (χ1n) is 8.40. The first kappa shape index (κ1) is 19.7. The number of hydrogen-bond acceptors (Lipinski definition) is 7. The number of hydrogen-bond donors (Lipinski definition) is 1. The molecule has 1 N–H and O–H groups in total. The summed E-state index contributed by atoms with van der Waals surface area (Å²) < 4.78 is 7.49. The molecule has 0 atom stereocenters. The molecule has 3 heterocycles. The van der Waals surface area contributed by atoms with E-state index in [-0.39, 0.29) is 18.0 Å². The van der Waals surface area contributed by atoms with Crippen LogP contribution in [0.2, 0.25) is 0 Å². The molecule has 0 aliphatic carbocycles. The lowest BCUT2D eigenvalue weighted by atomic mass is 10.2. The van der Waals surface area contributed by atoms with E-state index in [9.17, 15) is 14.4 Å². The minimum atomic E-state index is -0.452.